The average molecular weight is 406 g/mol. The van der Waals surface area contributed by atoms with Gasteiger partial charge in [0.1, 0.15) is 17.8 Å². The summed E-state index contributed by atoms with van der Waals surface area (Å²) < 4.78 is 5.08. The van der Waals surface area contributed by atoms with Gasteiger partial charge < -0.3 is 25.6 Å². The highest BCUT2D eigenvalue weighted by atomic mass is 16.5. The van der Waals surface area contributed by atoms with Crippen molar-refractivity contribution in [3.05, 3.63) is 29.8 Å². The first kappa shape index (κ1) is 22.7. The fourth-order valence-electron chi connectivity index (χ4n) is 3.39. The number of carbonyl (C=O) groups is 3. The molecule has 0 bridgehead atoms. The maximum Gasteiger partial charge on any atom is 0.326 e. The van der Waals surface area contributed by atoms with Crippen LogP contribution in [-0.4, -0.2) is 52.8 Å². The summed E-state index contributed by atoms with van der Waals surface area (Å²) in [5, 5.41) is 24.6. The van der Waals surface area contributed by atoms with Gasteiger partial charge in [-0.05, 0) is 57.2 Å². The van der Waals surface area contributed by atoms with Crippen molar-refractivity contribution in [3.8, 4) is 5.75 Å². The summed E-state index contributed by atoms with van der Waals surface area (Å²) in [5.74, 6) is -1.54. The third kappa shape index (κ3) is 6.74. The number of aliphatic hydroxyl groups is 1. The van der Waals surface area contributed by atoms with E-state index in [2.05, 4.69) is 10.6 Å². The summed E-state index contributed by atoms with van der Waals surface area (Å²) in [5.41, 5.74) is 0.0000859. The number of rotatable bonds is 8. The van der Waals surface area contributed by atoms with E-state index < -0.39 is 29.6 Å². The second-order valence-electron chi connectivity index (χ2n) is 7.95. The van der Waals surface area contributed by atoms with E-state index in [4.69, 9.17) is 4.74 Å². The van der Waals surface area contributed by atoms with Gasteiger partial charge in [-0.15, -0.1) is 0 Å². The molecule has 1 aliphatic rings. The lowest BCUT2D eigenvalue weighted by Gasteiger charge is -2.32. The first-order valence-electron chi connectivity index (χ1n) is 9.80. The molecule has 29 heavy (non-hydrogen) atoms. The Labute approximate surface area is 170 Å². The van der Waals surface area contributed by atoms with Crippen molar-refractivity contribution >= 4 is 17.8 Å². The van der Waals surface area contributed by atoms with Gasteiger partial charge in [0.25, 0.3) is 0 Å². The Hall–Kier alpha value is -2.61. The van der Waals surface area contributed by atoms with E-state index in [1.165, 1.54) is 6.92 Å². The number of ether oxygens (including phenoxy) is 1. The molecule has 2 amide bonds. The molecule has 0 aliphatic heterocycles. The van der Waals surface area contributed by atoms with Crippen LogP contribution < -0.4 is 15.4 Å². The SMILES string of the molecule is COc1ccc(C[C@H](NC(=O)[C@@H](C)NC(=O)C2CCC(C)(O)CC2)C(=O)O)cc1. The van der Waals surface area contributed by atoms with E-state index in [1.54, 1.807) is 38.3 Å². The Bertz CT molecular complexity index is 721. The number of aliphatic carboxylic acids is 1. The van der Waals surface area contributed by atoms with Crippen LogP contribution in [0, 0.1) is 5.92 Å². The largest absolute Gasteiger partial charge is 0.497 e. The Balaban J connectivity index is 1.89. The summed E-state index contributed by atoms with van der Waals surface area (Å²) in [6, 6.07) is 4.96. The van der Waals surface area contributed by atoms with Crippen LogP contribution in [0.25, 0.3) is 0 Å². The Morgan fingerprint density at radius 1 is 1.17 bits per heavy atom. The lowest BCUT2D eigenvalue weighted by Crippen LogP contribution is -2.52. The second kappa shape index (κ2) is 9.73. The van der Waals surface area contributed by atoms with E-state index in [0.717, 1.165) is 5.56 Å². The van der Waals surface area contributed by atoms with Gasteiger partial charge in [-0.25, -0.2) is 4.79 Å². The monoisotopic (exact) mass is 406 g/mol. The first-order chi connectivity index (χ1) is 13.6. The van der Waals surface area contributed by atoms with Crippen molar-refractivity contribution in [2.45, 2.75) is 63.6 Å². The zero-order valence-corrected chi connectivity index (χ0v) is 17.1. The van der Waals surface area contributed by atoms with Crippen molar-refractivity contribution in [1.29, 1.82) is 0 Å². The van der Waals surface area contributed by atoms with Crippen LogP contribution in [0.4, 0.5) is 0 Å². The number of hydrogen-bond donors (Lipinski definition) is 4. The first-order valence-corrected chi connectivity index (χ1v) is 9.80. The van der Waals surface area contributed by atoms with Gasteiger partial charge in [0, 0.05) is 12.3 Å². The summed E-state index contributed by atoms with van der Waals surface area (Å²) in [6.07, 6.45) is 2.30. The van der Waals surface area contributed by atoms with Gasteiger partial charge in [-0.2, -0.15) is 0 Å². The van der Waals surface area contributed by atoms with Gasteiger partial charge in [0.05, 0.1) is 12.7 Å². The summed E-state index contributed by atoms with van der Waals surface area (Å²) >= 11 is 0. The Kier molecular flexibility index (Phi) is 7.61. The third-order valence-electron chi connectivity index (χ3n) is 5.40. The second-order valence-corrected chi connectivity index (χ2v) is 7.95. The van der Waals surface area contributed by atoms with Crippen LogP contribution in [0.1, 0.15) is 45.1 Å². The van der Waals surface area contributed by atoms with E-state index >= 15 is 0 Å². The lowest BCUT2D eigenvalue weighted by atomic mass is 9.79. The molecule has 0 radical (unpaired) electrons. The van der Waals surface area contributed by atoms with Gasteiger partial charge in [0.2, 0.25) is 11.8 Å². The fraction of sp³-hybridized carbons (Fsp3) is 0.571. The lowest BCUT2D eigenvalue weighted by molar-refractivity contribution is -0.142. The van der Waals surface area contributed by atoms with Gasteiger partial charge in [0.15, 0.2) is 0 Å². The zero-order valence-electron chi connectivity index (χ0n) is 17.1. The number of nitrogens with one attached hydrogen (secondary N) is 2. The summed E-state index contributed by atoms with van der Waals surface area (Å²) in [6.45, 7) is 3.28. The third-order valence-corrected chi connectivity index (χ3v) is 5.40. The fourth-order valence-corrected chi connectivity index (χ4v) is 3.39. The van der Waals surface area contributed by atoms with Crippen LogP contribution in [0.15, 0.2) is 24.3 Å². The van der Waals surface area contributed by atoms with Crippen LogP contribution in [0.2, 0.25) is 0 Å². The molecule has 4 N–H and O–H groups in total. The molecule has 1 aliphatic carbocycles. The molecule has 1 fully saturated rings. The Morgan fingerprint density at radius 2 is 1.76 bits per heavy atom. The van der Waals surface area contributed by atoms with E-state index in [1.807, 2.05) is 0 Å². The highest BCUT2D eigenvalue weighted by Gasteiger charge is 2.33. The number of benzene rings is 1. The van der Waals surface area contributed by atoms with E-state index in [0.29, 0.717) is 31.4 Å². The molecule has 0 unspecified atom stereocenters. The molecule has 8 nitrogen and oxygen atoms in total. The average Bonchev–Trinajstić information content (AvgIpc) is 2.67. The van der Waals surface area contributed by atoms with Crippen molar-refractivity contribution < 1.29 is 29.3 Å². The maximum absolute atomic E-state index is 12.4. The standard InChI is InChI=1S/C21H30N2O6/c1-13(22-19(25)15-8-10-21(2,28)11-9-15)18(24)23-17(20(26)27)12-14-4-6-16(29-3)7-5-14/h4-7,13,15,17,28H,8-12H2,1-3H3,(H,22,25)(H,23,24)(H,26,27)/t13-,15?,17+,21?/m1/s1. The van der Waals surface area contributed by atoms with Crippen molar-refractivity contribution in [3.63, 3.8) is 0 Å². The molecule has 1 aromatic rings. The van der Waals surface area contributed by atoms with Crippen molar-refractivity contribution in [2.24, 2.45) is 5.92 Å². The number of carboxylic acid groups (broad SMARTS) is 1. The molecule has 2 rings (SSSR count). The van der Waals surface area contributed by atoms with Crippen LogP contribution in [0.5, 0.6) is 5.75 Å². The molecule has 0 spiro atoms. The minimum Gasteiger partial charge on any atom is -0.497 e. The predicted molar refractivity (Wildman–Crippen MR) is 106 cm³/mol. The summed E-state index contributed by atoms with van der Waals surface area (Å²) in [4.78, 5) is 36.4. The van der Waals surface area contributed by atoms with Crippen molar-refractivity contribution in [1.82, 2.24) is 10.6 Å². The molecule has 0 heterocycles. The minimum atomic E-state index is -1.15. The molecule has 8 heteroatoms. The number of amides is 2. The van der Waals surface area contributed by atoms with Crippen LogP contribution >= 0.6 is 0 Å². The zero-order chi connectivity index (χ0) is 21.6. The molecule has 1 aromatic carbocycles. The minimum absolute atomic E-state index is 0.115. The number of methoxy groups -OCH3 is 1. The molecular weight excluding hydrogens is 376 g/mol. The molecule has 2 atom stereocenters. The Morgan fingerprint density at radius 3 is 2.28 bits per heavy atom. The predicted octanol–water partition coefficient (Wildman–Crippen LogP) is 1.25. The highest BCUT2D eigenvalue weighted by molar-refractivity contribution is 5.90. The quantitative estimate of drug-likeness (QED) is 0.515. The number of carbonyl (C=O) groups excluding carboxylic acids is 2. The van der Waals surface area contributed by atoms with Crippen molar-refractivity contribution in [2.75, 3.05) is 7.11 Å². The smallest absolute Gasteiger partial charge is 0.326 e. The van der Waals surface area contributed by atoms with Gasteiger partial charge in [-0.3, -0.25) is 9.59 Å². The summed E-state index contributed by atoms with van der Waals surface area (Å²) in [7, 11) is 1.54. The normalized spacial score (nSPS) is 23.5. The topological polar surface area (TPSA) is 125 Å². The van der Waals surface area contributed by atoms with Gasteiger partial charge in [-0.1, -0.05) is 12.1 Å². The molecular formula is C21H30N2O6. The highest BCUT2D eigenvalue weighted by Crippen LogP contribution is 2.31. The van der Waals surface area contributed by atoms with Gasteiger partial charge >= 0.3 is 5.97 Å². The molecule has 1 saturated carbocycles. The molecule has 0 aromatic heterocycles. The van der Waals surface area contributed by atoms with Crippen LogP contribution in [-0.2, 0) is 20.8 Å². The van der Waals surface area contributed by atoms with Crippen LogP contribution in [0.3, 0.4) is 0 Å². The van der Waals surface area contributed by atoms with E-state index in [-0.39, 0.29) is 18.2 Å². The number of carboxylic acids is 1. The molecule has 0 saturated heterocycles. The maximum atomic E-state index is 12.4. The molecule has 160 valence electrons. The van der Waals surface area contributed by atoms with E-state index in [9.17, 15) is 24.6 Å². The number of hydrogen-bond acceptors (Lipinski definition) is 5.